The van der Waals surface area contributed by atoms with Gasteiger partial charge in [0, 0.05) is 6.54 Å². The molecule has 0 bridgehead atoms. The van der Waals surface area contributed by atoms with Gasteiger partial charge in [-0.05, 0) is 30.7 Å². The van der Waals surface area contributed by atoms with Gasteiger partial charge in [0.15, 0.2) is 11.6 Å². The second-order valence-corrected chi connectivity index (χ2v) is 3.85. The van der Waals surface area contributed by atoms with Crippen LogP contribution in [0.3, 0.4) is 0 Å². The minimum Gasteiger partial charge on any atom is -0.494 e. The Labute approximate surface area is 96.8 Å². The van der Waals surface area contributed by atoms with E-state index in [0.717, 1.165) is 12.1 Å². The average molecular weight is 225 g/mol. The number of methoxy groups -OCH3 is 1. The third kappa shape index (κ3) is 4.19. The van der Waals surface area contributed by atoms with Gasteiger partial charge in [-0.25, -0.2) is 4.39 Å². The van der Waals surface area contributed by atoms with Gasteiger partial charge in [-0.15, -0.1) is 0 Å². The molecule has 90 valence electrons. The first-order valence-corrected chi connectivity index (χ1v) is 5.81. The van der Waals surface area contributed by atoms with E-state index < -0.39 is 0 Å². The Morgan fingerprint density at radius 1 is 1.31 bits per heavy atom. The van der Waals surface area contributed by atoms with Gasteiger partial charge in [0.1, 0.15) is 0 Å². The molecule has 2 nitrogen and oxygen atoms in total. The highest BCUT2D eigenvalue weighted by Gasteiger charge is 2.02. The molecule has 0 aliphatic heterocycles. The zero-order chi connectivity index (χ0) is 11.8. The minimum absolute atomic E-state index is 0.296. The van der Waals surface area contributed by atoms with Crippen LogP contribution in [0.1, 0.15) is 31.7 Å². The maximum absolute atomic E-state index is 13.3. The van der Waals surface area contributed by atoms with Gasteiger partial charge in [0.2, 0.25) is 0 Å². The van der Waals surface area contributed by atoms with Crippen LogP contribution in [0.25, 0.3) is 0 Å². The predicted octanol–water partition coefficient (Wildman–Crippen LogP) is 3.11. The molecule has 1 aromatic carbocycles. The van der Waals surface area contributed by atoms with Gasteiger partial charge >= 0.3 is 0 Å². The Morgan fingerprint density at radius 2 is 2.12 bits per heavy atom. The van der Waals surface area contributed by atoms with E-state index in [1.54, 1.807) is 6.07 Å². The molecule has 0 aromatic heterocycles. The van der Waals surface area contributed by atoms with Crippen molar-refractivity contribution < 1.29 is 9.13 Å². The summed E-state index contributed by atoms with van der Waals surface area (Å²) in [6.07, 6.45) is 3.64. The Morgan fingerprint density at radius 3 is 2.75 bits per heavy atom. The third-order valence-corrected chi connectivity index (χ3v) is 2.50. The van der Waals surface area contributed by atoms with Gasteiger partial charge in [0.05, 0.1) is 7.11 Å². The van der Waals surface area contributed by atoms with Gasteiger partial charge < -0.3 is 10.1 Å². The van der Waals surface area contributed by atoms with Crippen LogP contribution in [-0.4, -0.2) is 13.7 Å². The Kier molecular flexibility index (Phi) is 5.86. The highest BCUT2D eigenvalue weighted by Crippen LogP contribution is 2.17. The summed E-state index contributed by atoms with van der Waals surface area (Å²) in [6, 6.07) is 5.07. The number of benzene rings is 1. The molecular formula is C13H20FNO. The predicted molar refractivity (Wildman–Crippen MR) is 64.2 cm³/mol. The summed E-state index contributed by atoms with van der Waals surface area (Å²) in [5.41, 5.74) is 0.954. The molecule has 0 radical (unpaired) electrons. The summed E-state index contributed by atoms with van der Waals surface area (Å²) < 4.78 is 18.2. The van der Waals surface area contributed by atoms with Gasteiger partial charge in [-0.2, -0.15) is 0 Å². The fourth-order valence-corrected chi connectivity index (χ4v) is 1.55. The Balaban J connectivity index is 2.34. The number of rotatable bonds is 7. The lowest BCUT2D eigenvalue weighted by atomic mass is 10.2. The van der Waals surface area contributed by atoms with Crippen LogP contribution in [0, 0.1) is 5.82 Å². The summed E-state index contributed by atoms with van der Waals surface area (Å²) in [6.45, 7) is 3.88. The number of ether oxygens (including phenoxy) is 1. The fourth-order valence-electron chi connectivity index (χ4n) is 1.55. The van der Waals surface area contributed by atoms with Crippen molar-refractivity contribution in [1.29, 1.82) is 0 Å². The van der Waals surface area contributed by atoms with Crippen molar-refractivity contribution in [2.45, 2.75) is 32.7 Å². The Hall–Kier alpha value is -1.09. The molecule has 0 atom stereocenters. The number of nitrogens with one attached hydrogen (secondary N) is 1. The first-order chi connectivity index (χ1) is 7.77. The van der Waals surface area contributed by atoms with Crippen LogP contribution in [0.15, 0.2) is 18.2 Å². The summed E-state index contributed by atoms with van der Waals surface area (Å²) >= 11 is 0. The first-order valence-electron chi connectivity index (χ1n) is 5.81. The SMILES string of the molecule is CCCCCNCc1ccc(OC)c(F)c1. The molecule has 1 rings (SSSR count). The zero-order valence-electron chi connectivity index (χ0n) is 10.1. The maximum atomic E-state index is 13.3. The van der Waals surface area contributed by atoms with E-state index in [2.05, 4.69) is 12.2 Å². The quantitative estimate of drug-likeness (QED) is 0.720. The number of hydrogen-bond donors (Lipinski definition) is 1. The third-order valence-electron chi connectivity index (χ3n) is 2.50. The second kappa shape index (κ2) is 7.23. The van der Waals surface area contributed by atoms with Crippen molar-refractivity contribution in [2.75, 3.05) is 13.7 Å². The second-order valence-electron chi connectivity index (χ2n) is 3.85. The lowest BCUT2D eigenvalue weighted by Gasteiger charge is -2.06. The molecule has 0 spiro atoms. The van der Waals surface area contributed by atoms with E-state index in [-0.39, 0.29) is 5.82 Å². The van der Waals surface area contributed by atoms with Gasteiger partial charge in [-0.3, -0.25) is 0 Å². The van der Waals surface area contributed by atoms with E-state index in [1.165, 1.54) is 32.4 Å². The smallest absolute Gasteiger partial charge is 0.165 e. The molecule has 0 heterocycles. The lowest BCUT2D eigenvalue weighted by molar-refractivity contribution is 0.386. The van der Waals surface area contributed by atoms with Crippen LogP contribution >= 0.6 is 0 Å². The van der Waals surface area contributed by atoms with Gasteiger partial charge in [-0.1, -0.05) is 25.8 Å². The standard InChI is InChI=1S/C13H20FNO/c1-3-4-5-8-15-10-11-6-7-13(16-2)12(14)9-11/h6-7,9,15H,3-5,8,10H2,1-2H3. The first kappa shape index (κ1) is 13.0. The molecule has 1 N–H and O–H groups in total. The fraction of sp³-hybridized carbons (Fsp3) is 0.538. The largest absolute Gasteiger partial charge is 0.494 e. The molecular weight excluding hydrogens is 205 g/mol. The van der Waals surface area contributed by atoms with E-state index in [0.29, 0.717) is 12.3 Å². The lowest BCUT2D eigenvalue weighted by Crippen LogP contribution is -2.14. The summed E-state index contributed by atoms with van der Waals surface area (Å²) in [5, 5.41) is 3.29. The molecule has 0 amide bonds. The van der Waals surface area contributed by atoms with Crippen molar-refractivity contribution in [3.8, 4) is 5.75 Å². The van der Waals surface area contributed by atoms with Crippen LogP contribution in [0.2, 0.25) is 0 Å². The van der Waals surface area contributed by atoms with Crippen molar-refractivity contribution in [3.05, 3.63) is 29.6 Å². The van der Waals surface area contributed by atoms with Gasteiger partial charge in [0.25, 0.3) is 0 Å². The highest BCUT2D eigenvalue weighted by molar-refractivity contribution is 5.29. The molecule has 0 unspecified atom stereocenters. The average Bonchev–Trinajstić information content (AvgIpc) is 2.29. The van der Waals surface area contributed by atoms with Crippen LogP contribution < -0.4 is 10.1 Å². The van der Waals surface area contributed by atoms with Crippen molar-refractivity contribution in [3.63, 3.8) is 0 Å². The molecule has 0 aliphatic rings. The monoisotopic (exact) mass is 225 g/mol. The van der Waals surface area contributed by atoms with Crippen LogP contribution in [0.5, 0.6) is 5.75 Å². The van der Waals surface area contributed by atoms with Crippen LogP contribution in [0.4, 0.5) is 4.39 Å². The van der Waals surface area contributed by atoms with E-state index in [4.69, 9.17) is 4.74 Å². The van der Waals surface area contributed by atoms with Crippen LogP contribution in [-0.2, 0) is 6.54 Å². The molecule has 0 fully saturated rings. The van der Waals surface area contributed by atoms with Crippen molar-refractivity contribution >= 4 is 0 Å². The van der Waals surface area contributed by atoms with E-state index in [1.807, 2.05) is 6.07 Å². The summed E-state index contributed by atoms with van der Waals surface area (Å²) in [4.78, 5) is 0. The summed E-state index contributed by atoms with van der Waals surface area (Å²) in [7, 11) is 1.47. The van der Waals surface area contributed by atoms with E-state index in [9.17, 15) is 4.39 Å². The van der Waals surface area contributed by atoms with Crippen molar-refractivity contribution in [1.82, 2.24) is 5.32 Å². The molecule has 16 heavy (non-hydrogen) atoms. The molecule has 0 saturated carbocycles. The maximum Gasteiger partial charge on any atom is 0.165 e. The normalized spacial score (nSPS) is 10.4. The number of unbranched alkanes of at least 4 members (excludes halogenated alkanes) is 2. The topological polar surface area (TPSA) is 21.3 Å². The summed E-state index contributed by atoms with van der Waals surface area (Å²) in [5.74, 6) is 0.00471. The molecule has 1 aromatic rings. The van der Waals surface area contributed by atoms with E-state index >= 15 is 0 Å². The highest BCUT2D eigenvalue weighted by atomic mass is 19.1. The minimum atomic E-state index is -0.296. The molecule has 0 aliphatic carbocycles. The molecule has 3 heteroatoms. The van der Waals surface area contributed by atoms with Crippen molar-refractivity contribution in [2.24, 2.45) is 0 Å². The Bertz CT molecular complexity index is 315. The number of halogens is 1. The molecule has 0 saturated heterocycles. The zero-order valence-corrected chi connectivity index (χ0v) is 10.1. The number of hydrogen-bond acceptors (Lipinski definition) is 2.